The molecule has 0 spiro atoms. The molecular formula is C14H29N. The van der Waals surface area contributed by atoms with Gasteiger partial charge in [0, 0.05) is 18.1 Å². The van der Waals surface area contributed by atoms with Crippen molar-refractivity contribution in [2.45, 2.75) is 73.4 Å². The average Bonchev–Trinajstić information content (AvgIpc) is 1.74. The van der Waals surface area contributed by atoms with Crippen LogP contribution in [0.25, 0.3) is 0 Å². The Labute approximate surface area is 96.2 Å². The molecular weight excluding hydrogens is 182 g/mol. The van der Waals surface area contributed by atoms with Crippen LogP contribution in [-0.2, 0) is 0 Å². The predicted octanol–water partition coefficient (Wildman–Crippen LogP) is 3.93. The number of rotatable bonds is 1. The van der Waals surface area contributed by atoms with Gasteiger partial charge in [-0.2, -0.15) is 0 Å². The fourth-order valence-electron chi connectivity index (χ4n) is 2.39. The lowest BCUT2D eigenvalue weighted by molar-refractivity contribution is -0.103. The molecule has 1 fully saturated rings. The first-order valence-electron chi connectivity index (χ1n) is 6.24. The summed E-state index contributed by atoms with van der Waals surface area (Å²) in [5.41, 5.74) is 1.06. The second-order valence-corrected chi connectivity index (χ2v) is 7.67. The smallest absolute Gasteiger partial charge is 0.0204 e. The van der Waals surface area contributed by atoms with Gasteiger partial charge in [0.05, 0.1) is 0 Å². The van der Waals surface area contributed by atoms with Crippen molar-refractivity contribution in [3.05, 3.63) is 0 Å². The SMILES string of the molecule is CC(C)(C)C1CCN1C(C)(C)C(C)(C)C. The molecule has 1 heteroatoms. The molecule has 0 N–H and O–H groups in total. The van der Waals surface area contributed by atoms with Gasteiger partial charge in [-0.05, 0) is 31.1 Å². The monoisotopic (exact) mass is 211 g/mol. The molecule has 0 aliphatic carbocycles. The summed E-state index contributed by atoms with van der Waals surface area (Å²) < 4.78 is 0. The Morgan fingerprint density at radius 3 is 1.53 bits per heavy atom. The van der Waals surface area contributed by atoms with E-state index in [1.807, 2.05) is 0 Å². The summed E-state index contributed by atoms with van der Waals surface area (Å²) in [5.74, 6) is 0. The summed E-state index contributed by atoms with van der Waals surface area (Å²) in [6, 6.07) is 0.756. The average molecular weight is 211 g/mol. The molecule has 0 amide bonds. The van der Waals surface area contributed by atoms with Crippen LogP contribution in [0.4, 0.5) is 0 Å². The van der Waals surface area contributed by atoms with Gasteiger partial charge in [-0.25, -0.2) is 0 Å². The Balaban J connectivity index is 2.83. The molecule has 1 atom stereocenters. The Kier molecular flexibility index (Phi) is 3.02. The third kappa shape index (κ3) is 2.22. The highest BCUT2D eigenvalue weighted by atomic mass is 15.3. The number of hydrogen-bond donors (Lipinski definition) is 0. The maximum absolute atomic E-state index is 2.70. The van der Waals surface area contributed by atoms with E-state index in [1.54, 1.807) is 0 Å². The van der Waals surface area contributed by atoms with E-state index in [2.05, 4.69) is 60.3 Å². The molecule has 1 saturated heterocycles. The summed E-state index contributed by atoms with van der Waals surface area (Å²) in [6.07, 6.45) is 1.36. The van der Waals surface area contributed by atoms with Gasteiger partial charge >= 0.3 is 0 Å². The molecule has 1 rings (SSSR count). The first kappa shape index (κ1) is 13.0. The highest BCUT2D eigenvalue weighted by molar-refractivity contribution is 5.03. The normalized spacial score (nSPS) is 25.2. The molecule has 1 aliphatic heterocycles. The molecule has 1 heterocycles. The van der Waals surface area contributed by atoms with Crippen LogP contribution < -0.4 is 0 Å². The molecule has 0 aromatic carbocycles. The highest BCUT2D eigenvalue weighted by Gasteiger charge is 2.48. The van der Waals surface area contributed by atoms with E-state index in [0.29, 0.717) is 16.4 Å². The Hall–Kier alpha value is -0.0400. The third-order valence-corrected chi connectivity index (χ3v) is 4.57. The summed E-state index contributed by atoms with van der Waals surface area (Å²) in [6.45, 7) is 20.2. The second kappa shape index (κ2) is 3.48. The van der Waals surface area contributed by atoms with Gasteiger partial charge in [-0.1, -0.05) is 41.5 Å². The minimum Gasteiger partial charge on any atom is -0.294 e. The first-order chi connectivity index (χ1) is 6.48. The van der Waals surface area contributed by atoms with Crippen LogP contribution in [-0.4, -0.2) is 23.0 Å². The van der Waals surface area contributed by atoms with Gasteiger partial charge in [-0.3, -0.25) is 4.90 Å². The van der Waals surface area contributed by atoms with Crippen LogP contribution in [0.1, 0.15) is 61.8 Å². The molecule has 15 heavy (non-hydrogen) atoms. The van der Waals surface area contributed by atoms with Crippen LogP contribution >= 0.6 is 0 Å². The molecule has 1 unspecified atom stereocenters. The topological polar surface area (TPSA) is 3.24 Å². The van der Waals surface area contributed by atoms with Gasteiger partial charge < -0.3 is 0 Å². The minimum absolute atomic E-state index is 0.295. The maximum Gasteiger partial charge on any atom is 0.0204 e. The lowest BCUT2D eigenvalue weighted by Crippen LogP contribution is -2.66. The van der Waals surface area contributed by atoms with E-state index >= 15 is 0 Å². The molecule has 1 aliphatic rings. The van der Waals surface area contributed by atoms with Crippen LogP contribution in [0.5, 0.6) is 0 Å². The van der Waals surface area contributed by atoms with Crippen LogP contribution in [0.15, 0.2) is 0 Å². The lowest BCUT2D eigenvalue weighted by Gasteiger charge is -2.60. The van der Waals surface area contributed by atoms with E-state index in [1.165, 1.54) is 13.0 Å². The van der Waals surface area contributed by atoms with Crippen LogP contribution in [0, 0.1) is 10.8 Å². The molecule has 0 aromatic rings. The lowest BCUT2D eigenvalue weighted by atomic mass is 9.69. The molecule has 0 aromatic heterocycles. The van der Waals surface area contributed by atoms with E-state index in [-0.39, 0.29) is 0 Å². The predicted molar refractivity (Wildman–Crippen MR) is 68.1 cm³/mol. The van der Waals surface area contributed by atoms with E-state index in [4.69, 9.17) is 0 Å². The van der Waals surface area contributed by atoms with Gasteiger partial charge in [0.15, 0.2) is 0 Å². The fraction of sp³-hybridized carbons (Fsp3) is 1.00. The number of nitrogens with zero attached hydrogens (tertiary/aromatic N) is 1. The minimum atomic E-state index is 0.295. The van der Waals surface area contributed by atoms with Gasteiger partial charge in [-0.15, -0.1) is 0 Å². The van der Waals surface area contributed by atoms with Crippen molar-refractivity contribution < 1.29 is 0 Å². The Morgan fingerprint density at radius 1 is 0.867 bits per heavy atom. The molecule has 0 saturated carbocycles. The number of likely N-dealkylation sites (tertiary alicyclic amines) is 1. The summed E-state index contributed by atoms with van der Waals surface area (Å²) in [7, 11) is 0. The third-order valence-electron chi connectivity index (χ3n) is 4.57. The maximum atomic E-state index is 2.70. The zero-order valence-corrected chi connectivity index (χ0v) is 11.9. The second-order valence-electron chi connectivity index (χ2n) is 7.67. The Morgan fingerprint density at radius 2 is 1.33 bits per heavy atom. The van der Waals surface area contributed by atoms with Gasteiger partial charge in [0.2, 0.25) is 0 Å². The zero-order chi connectivity index (χ0) is 12.1. The van der Waals surface area contributed by atoms with Crippen LogP contribution in [0.2, 0.25) is 0 Å². The van der Waals surface area contributed by atoms with E-state index in [0.717, 1.165) is 6.04 Å². The zero-order valence-electron chi connectivity index (χ0n) is 11.9. The molecule has 0 bridgehead atoms. The summed E-state index contributed by atoms with van der Waals surface area (Å²) in [5, 5.41) is 0. The van der Waals surface area contributed by atoms with Gasteiger partial charge in [0.25, 0.3) is 0 Å². The Bertz CT molecular complexity index is 227. The van der Waals surface area contributed by atoms with Crippen molar-refractivity contribution in [3.63, 3.8) is 0 Å². The summed E-state index contributed by atoms with van der Waals surface area (Å²) in [4.78, 5) is 2.70. The first-order valence-corrected chi connectivity index (χ1v) is 6.24. The van der Waals surface area contributed by atoms with Crippen LogP contribution in [0.3, 0.4) is 0 Å². The number of hydrogen-bond acceptors (Lipinski definition) is 1. The highest BCUT2D eigenvalue weighted by Crippen LogP contribution is 2.45. The quantitative estimate of drug-likeness (QED) is 0.635. The molecule has 90 valence electrons. The van der Waals surface area contributed by atoms with Crippen molar-refractivity contribution >= 4 is 0 Å². The van der Waals surface area contributed by atoms with Crippen molar-refractivity contribution in [2.75, 3.05) is 6.54 Å². The standard InChI is InChI=1S/C14H29N/c1-12(2,3)11-9-10-15(11)14(7,8)13(4,5)6/h11H,9-10H2,1-8H3. The van der Waals surface area contributed by atoms with Crippen molar-refractivity contribution in [1.29, 1.82) is 0 Å². The largest absolute Gasteiger partial charge is 0.294 e. The summed E-state index contributed by atoms with van der Waals surface area (Å²) >= 11 is 0. The van der Waals surface area contributed by atoms with Crippen molar-refractivity contribution in [2.24, 2.45) is 10.8 Å². The molecule has 1 nitrogen and oxygen atoms in total. The van der Waals surface area contributed by atoms with E-state index < -0.39 is 0 Å². The van der Waals surface area contributed by atoms with E-state index in [9.17, 15) is 0 Å². The van der Waals surface area contributed by atoms with Crippen molar-refractivity contribution in [1.82, 2.24) is 4.90 Å². The van der Waals surface area contributed by atoms with Crippen molar-refractivity contribution in [3.8, 4) is 0 Å². The fourth-order valence-corrected chi connectivity index (χ4v) is 2.39. The molecule has 0 radical (unpaired) electrons. The van der Waals surface area contributed by atoms with Gasteiger partial charge in [0.1, 0.15) is 0 Å².